The monoisotopic (exact) mass is 550 g/mol. The van der Waals surface area contributed by atoms with Crippen molar-refractivity contribution in [2.75, 3.05) is 34.0 Å². The zero-order valence-electron chi connectivity index (χ0n) is 20.7. The number of rotatable bonds is 11. The molecule has 1 unspecified atom stereocenters. The number of phenols is 1. The Hall–Kier alpha value is -2.15. The second-order valence-corrected chi connectivity index (χ2v) is 8.82. The molecule has 0 spiro atoms. The number of benzene rings is 1. The van der Waals surface area contributed by atoms with E-state index in [1.807, 2.05) is 0 Å². The normalized spacial score (nSPS) is 35.6. The minimum absolute atomic E-state index is 0.0269. The van der Waals surface area contributed by atoms with Gasteiger partial charge in [0.15, 0.2) is 29.9 Å². The fourth-order valence-electron chi connectivity index (χ4n) is 4.05. The third kappa shape index (κ3) is 6.52. The van der Waals surface area contributed by atoms with Crippen molar-refractivity contribution in [2.24, 2.45) is 0 Å². The number of phenolic OH excluding ortho intramolecular Hbond substituents is 1. The van der Waals surface area contributed by atoms with Gasteiger partial charge < -0.3 is 69.3 Å². The van der Waals surface area contributed by atoms with E-state index in [-0.39, 0.29) is 35.8 Å². The first-order valence-electron chi connectivity index (χ1n) is 11.8. The maximum atomic E-state index is 12.6. The second kappa shape index (κ2) is 13.3. The SMILES string of the molecule is COc1cc(C(=O)CCOC2O[C@H](CO[C@H]3O[C@H](CO)[C@@H](O)[C@H](O)[C@H]3O)[C@@H](O)[C@H](O)[C@H]2O)cc(OC)c1O. The quantitative estimate of drug-likeness (QED) is 0.126. The molecule has 2 saturated heterocycles. The molecule has 8 N–H and O–H groups in total. The maximum Gasteiger partial charge on any atom is 0.200 e. The molecule has 15 nitrogen and oxygen atoms in total. The van der Waals surface area contributed by atoms with Crippen LogP contribution < -0.4 is 9.47 Å². The van der Waals surface area contributed by atoms with Gasteiger partial charge in [0, 0.05) is 12.0 Å². The van der Waals surface area contributed by atoms with Crippen molar-refractivity contribution in [3.63, 3.8) is 0 Å². The Morgan fingerprint density at radius 1 is 0.789 bits per heavy atom. The van der Waals surface area contributed by atoms with E-state index in [0.717, 1.165) is 0 Å². The molecule has 38 heavy (non-hydrogen) atoms. The summed E-state index contributed by atoms with van der Waals surface area (Å²) in [5.41, 5.74) is 0.159. The summed E-state index contributed by atoms with van der Waals surface area (Å²) in [7, 11) is 2.62. The average molecular weight is 551 g/mol. The number of aliphatic hydroxyl groups is 7. The summed E-state index contributed by atoms with van der Waals surface area (Å²) in [6.45, 7) is -1.45. The van der Waals surface area contributed by atoms with Crippen LogP contribution in [0.1, 0.15) is 16.8 Å². The number of carbonyl (C=O) groups excluding carboxylic acids is 1. The number of ketones is 1. The van der Waals surface area contributed by atoms with Gasteiger partial charge in [0.25, 0.3) is 0 Å². The van der Waals surface area contributed by atoms with Gasteiger partial charge in [0.1, 0.15) is 48.8 Å². The Morgan fingerprint density at radius 3 is 1.82 bits per heavy atom. The number of hydrogen-bond donors (Lipinski definition) is 8. The van der Waals surface area contributed by atoms with Crippen LogP contribution in [0.2, 0.25) is 0 Å². The van der Waals surface area contributed by atoms with E-state index in [4.69, 9.17) is 28.4 Å². The van der Waals surface area contributed by atoms with Crippen LogP contribution in [0.25, 0.3) is 0 Å². The summed E-state index contributed by atoms with van der Waals surface area (Å²) in [5.74, 6) is -0.640. The number of aromatic hydroxyl groups is 1. The van der Waals surface area contributed by atoms with Crippen molar-refractivity contribution >= 4 is 5.78 Å². The zero-order chi connectivity index (χ0) is 28.1. The molecule has 0 bridgehead atoms. The fourth-order valence-corrected chi connectivity index (χ4v) is 4.05. The lowest BCUT2D eigenvalue weighted by molar-refractivity contribution is -0.330. The summed E-state index contributed by atoms with van der Waals surface area (Å²) in [4.78, 5) is 12.6. The number of Topliss-reactive ketones (excluding diaryl/α,β-unsaturated/α-hetero) is 1. The fraction of sp³-hybridized carbons (Fsp3) is 0.696. The van der Waals surface area contributed by atoms with Gasteiger partial charge in [-0.25, -0.2) is 0 Å². The molecule has 15 heteroatoms. The number of hydrogen-bond acceptors (Lipinski definition) is 15. The molecule has 3 rings (SSSR count). The number of carbonyl (C=O) groups is 1. The van der Waals surface area contributed by atoms with E-state index in [1.54, 1.807) is 0 Å². The van der Waals surface area contributed by atoms with Gasteiger partial charge in [0.05, 0.1) is 34.0 Å². The van der Waals surface area contributed by atoms with Gasteiger partial charge in [-0.15, -0.1) is 0 Å². The van der Waals surface area contributed by atoms with Crippen molar-refractivity contribution in [3.05, 3.63) is 17.7 Å². The van der Waals surface area contributed by atoms with Crippen molar-refractivity contribution in [3.8, 4) is 17.2 Å². The highest BCUT2D eigenvalue weighted by Crippen LogP contribution is 2.37. The number of aliphatic hydroxyl groups excluding tert-OH is 7. The Balaban J connectivity index is 1.58. The van der Waals surface area contributed by atoms with E-state index >= 15 is 0 Å². The van der Waals surface area contributed by atoms with Gasteiger partial charge >= 0.3 is 0 Å². The van der Waals surface area contributed by atoms with Crippen LogP contribution in [-0.2, 0) is 18.9 Å². The lowest BCUT2D eigenvalue weighted by atomic mass is 9.98. The first-order valence-corrected chi connectivity index (χ1v) is 11.8. The van der Waals surface area contributed by atoms with Gasteiger partial charge in [-0.2, -0.15) is 0 Å². The van der Waals surface area contributed by atoms with E-state index in [1.165, 1.54) is 26.4 Å². The molecular formula is C23H34O15. The minimum atomic E-state index is -1.72. The lowest BCUT2D eigenvalue weighted by Gasteiger charge is -2.42. The van der Waals surface area contributed by atoms with E-state index in [9.17, 15) is 45.6 Å². The molecule has 2 heterocycles. The topological polar surface area (TPSA) is 234 Å². The maximum absolute atomic E-state index is 12.6. The lowest BCUT2D eigenvalue weighted by Crippen LogP contribution is -2.61. The highest BCUT2D eigenvalue weighted by atomic mass is 16.7. The third-order valence-electron chi connectivity index (χ3n) is 6.35. The predicted octanol–water partition coefficient (Wildman–Crippen LogP) is -3.38. The van der Waals surface area contributed by atoms with E-state index in [0.29, 0.717) is 0 Å². The highest BCUT2D eigenvalue weighted by Gasteiger charge is 2.47. The summed E-state index contributed by atoms with van der Waals surface area (Å²) in [6, 6.07) is 2.64. The van der Waals surface area contributed by atoms with E-state index in [2.05, 4.69) is 0 Å². The molecule has 2 aliphatic rings. The molecule has 10 atom stereocenters. The molecule has 2 fully saturated rings. The van der Waals surface area contributed by atoms with Gasteiger partial charge in [-0.05, 0) is 12.1 Å². The van der Waals surface area contributed by atoms with Gasteiger partial charge in [-0.3, -0.25) is 4.79 Å². The first kappa shape index (κ1) is 30.4. The molecule has 1 aromatic carbocycles. The van der Waals surface area contributed by atoms with Crippen LogP contribution in [-0.4, -0.2) is 142 Å². The summed E-state index contributed by atoms with van der Waals surface area (Å²) in [5, 5.41) is 79.9. The Morgan fingerprint density at radius 2 is 1.29 bits per heavy atom. The molecule has 1 aromatic rings. The minimum Gasteiger partial charge on any atom is -0.502 e. The van der Waals surface area contributed by atoms with Crippen LogP contribution >= 0.6 is 0 Å². The Bertz CT molecular complexity index is 901. The van der Waals surface area contributed by atoms with Crippen molar-refractivity contribution < 1.29 is 74.1 Å². The summed E-state index contributed by atoms with van der Waals surface area (Å²) < 4.78 is 31.6. The number of ether oxygens (including phenoxy) is 6. The highest BCUT2D eigenvalue weighted by molar-refractivity contribution is 5.97. The summed E-state index contributed by atoms with van der Waals surface area (Å²) >= 11 is 0. The molecule has 0 saturated carbocycles. The van der Waals surface area contributed by atoms with Crippen LogP contribution in [0, 0.1) is 0 Å². The predicted molar refractivity (Wildman–Crippen MR) is 123 cm³/mol. The van der Waals surface area contributed by atoms with E-state index < -0.39 is 80.4 Å². The number of methoxy groups -OCH3 is 2. The van der Waals surface area contributed by atoms with Crippen molar-refractivity contribution in [2.45, 2.75) is 67.8 Å². The zero-order valence-corrected chi connectivity index (χ0v) is 20.7. The molecule has 216 valence electrons. The smallest absolute Gasteiger partial charge is 0.200 e. The first-order chi connectivity index (χ1) is 18.0. The summed E-state index contributed by atoms with van der Waals surface area (Å²) in [6.07, 6.45) is -15.7. The van der Waals surface area contributed by atoms with Crippen molar-refractivity contribution in [1.82, 2.24) is 0 Å². The molecule has 0 amide bonds. The molecule has 0 aromatic heterocycles. The molecule has 0 radical (unpaired) electrons. The van der Waals surface area contributed by atoms with Crippen LogP contribution in [0.4, 0.5) is 0 Å². The van der Waals surface area contributed by atoms with Crippen LogP contribution in [0.15, 0.2) is 12.1 Å². The van der Waals surface area contributed by atoms with Gasteiger partial charge in [0.2, 0.25) is 5.75 Å². The molecule has 0 aliphatic carbocycles. The van der Waals surface area contributed by atoms with Crippen LogP contribution in [0.5, 0.6) is 17.2 Å². The average Bonchev–Trinajstić information content (AvgIpc) is 2.92. The Kier molecular flexibility index (Phi) is 10.6. The van der Waals surface area contributed by atoms with Crippen LogP contribution in [0.3, 0.4) is 0 Å². The standard InChI is InChI=1S/C23H34O15/c1-33-11-5-9(6-12(34-2)15(11)26)10(25)3-4-35-22-20(31)19(30)17(28)14(38-22)8-36-23-21(32)18(29)16(27)13(7-24)37-23/h5-6,13-14,16-24,26-32H,3-4,7-8H2,1-2H3/t13-,14-,16-,17-,18+,19+,20-,21-,22?,23+/m1/s1. The molecular weight excluding hydrogens is 516 g/mol. The Labute approximate surface area is 217 Å². The largest absolute Gasteiger partial charge is 0.502 e. The van der Waals surface area contributed by atoms with Crippen molar-refractivity contribution in [1.29, 1.82) is 0 Å². The molecule has 2 aliphatic heterocycles. The van der Waals surface area contributed by atoms with Gasteiger partial charge in [-0.1, -0.05) is 0 Å². The third-order valence-corrected chi connectivity index (χ3v) is 6.35. The second-order valence-electron chi connectivity index (χ2n) is 8.82.